The number of aliphatic imine (C=N–C) groups is 1. The molecule has 0 fully saturated rings. The van der Waals surface area contributed by atoms with Crippen LogP contribution < -0.4 is 5.32 Å². The molecule has 0 aliphatic carbocycles. The van der Waals surface area contributed by atoms with E-state index in [2.05, 4.69) is 23.5 Å². The van der Waals surface area contributed by atoms with Crippen LogP contribution in [0.2, 0.25) is 0 Å². The Labute approximate surface area is 133 Å². The Morgan fingerprint density at radius 3 is 2.37 bits per heavy atom. The fourth-order valence-electron chi connectivity index (χ4n) is 1.24. The van der Waals surface area contributed by atoms with E-state index in [1.165, 1.54) is 4.90 Å². The Morgan fingerprint density at radius 1 is 1.37 bits per heavy atom. The number of rotatable bonds is 6. The lowest BCUT2D eigenvalue weighted by Gasteiger charge is -2.22. The number of halogens is 1. The van der Waals surface area contributed by atoms with Crippen LogP contribution in [0.15, 0.2) is 29.8 Å². The normalized spacial score (nSPS) is 10.2. The summed E-state index contributed by atoms with van der Waals surface area (Å²) in [5, 5.41) is 3.11. The number of guanidine groups is 1. The van der Waals surface area contributed by atoms with Gasteiger partial charge in [0.25, 0.3) is 0 Å². The molecule has 0 rings (SSSR count). The van der Waals surface area contributed by atoms with Crippen molar-refractivity contribution in [3.63, 3.8) is 0 Å². The second kappa shape index (κ2) is 10.8. The van der Waals surface area contributed by atoms with Gasteiger partial charge in [0.05, 0.1) is 0 Å². The molecule has 19 heavy (non-hydrogen) atoms. The number of carbonyl (C=O) groups excluding carboxylic acids is 1. The van der Waals surface area contributed by atoms with Crippen LogP contribution in [0.1, 0.15) is 6.92 Å². The van der Waals surface area contributed by atoms with Crippen molar-refractivity contribution < 1.29 is 4.79 Å². The Bertz CT molecular complexity index is 340. The molecule has 0 atom stereocenters. The van der Waals surface area contributed by atoms with E-state index in [0.717, 1.165) is 5.57 Å². The third kappa shape index (κ3) is 9.52. The van der Waals surface area contributed by atoms with Gasteiger partial charge < -0.3 is 15.1 Å². The number of hydrogen-bond donors (Lipinski definition) is 1. The molecule has 0 bridgehead atoms. The van der Waals surface area contributed by atoms with Gasteiger partial charge in [0.1, 0.15) is 6.54 Å². The lowest BCUT2D eigenvalue weighted by Crippen LogP contribution is -2.40. The lowest BCUT2D eigenvalue weighted by molar-refractivity contribution is -0.127. The Balaban J connectivity index is 0. The predicted octanol–water partition coefficient (Wildman–Crippen LogP) is 1.33. The highest BCUT2D eigenvalue weighted by atomic mass is 127. The quantitative estimate of drug-likeness (QED) is 0.327. The Kier molecular flexibility index (Phi) is 11.6. The standard InChI is InChI=1S/C13H24N4O.HI/c1-7-8-14-13(17(6)10-11(2)3)15-9-12(18)16(4)5;/h7H,1-2,8-10H2,3-6H3,(H,14,15);1H. The van der Waals surface area contributed by atoms with Gasteiger partial charge in [-0.25, -0.2) is 4.99 Å². The molecule has 0 aromatic carbocycles. The molecule has 0 radical (unpaired) electrons. The van der Waals surface area contributed by atoms with E-state index in [4.69, 9.17) is 0 Å². The zero-order valence-electron chi connectivity index (χ0n) is 12.3. The molecule has 0 heterocycles. The fraction of sp³-hybridized carbons (Fsp3) is 0.538. The first-order valence-corrected chi connectivity index (χ1v) is 5.83. The van der Waals surface area contributed by atoms with Crippen LogP contribution in [0, 0.1) is 0 Å². The van der Waals surface area contributed by atoms with Crippen molar-refractivity contribution in [3.05, 3.63) is 24.8 Å². The minimum absolute atomic E-state index is 0. The van der Waals surface area contributed by atoms with Gasteiger partial charge in [-0.1, -0.05) is 18.2 Å². The number of hydrogen-bond acceptors (Lipinski definition) is 2. The summed E-state index contributed by atoms with van der Waals surface area (Å²) in [5.41, 5.74) is 1.03. The monoisotopic (exact) mass is 380 g/mol. The smallest absolute Gasteiger partial charge is 0.243 e. The second-order valence-electron chi connectivity index (χ2n) is 4.41. The fourth-order valence-corrected chi connectivity index (χ4v) is 1.24. The van der Waals surface area contributed by atoms with E-state index < -0.39 is 0 Å². The van der Waals surface area contributed by atoms with Crippen LogP contribution >= 0.6 is 24.0 Å². The Morgan fingerprint density at radius 2 is 1.95 bits per heavy atom. The summed E-state index contributed by atoms with van der Waals surface area (Å²) in [5.74, 6) is 0.643. The highest BCUT2D eigenvalue weighted by Gasteiger charge is 2.08. The molecule has 0 saturated carbocycles. The van der Waals surface area contributed by atoms with E-state index in [0.29, 0.717) is 19.0 Å². The van der Waals surface area contributed by atoms with Crippen LogP contribution in [-0.2, 0) is 4.79 Å². The molecular formula is C13H25IN4O. The number of likely N-dealkylation sites (N-methyl/N-ethyl adjacent to an activating group) is 2. The van der Waals surface area contributed by atoms with E-state index in [1.54, 1.807) is 20.2 Å². The summed E-state index contributed by atoms with van der Waals surface area (Å²) in [6.07, 6.45) is 1.75. The van der Waals surface area contributed by atoms with Crippen molar-refractivity contribution in [2.24, 2.45) is 4.99 Å². The zero-order chi connectivity index (χ0) is 14.1. The third-order valence-corrected chi connectivity index (χ3v) is 2.14. The van der Waals surface area contributed by atoms with E-state index in [1.807, 2.05) is 18.9 Å². The minimum atomic E-state index is -0.0309. The summed E-state index contributed by atoms with van der Waals surface area (Å²) < 4.78 is 0. The number of nitrogens with zero attached hydrogens (tertiary/aromatic N) is 3. The average molecular weight is 380 g/mol. The molecule has 0 aromatic heterocycles. The lowest BCUT2D eigenvalue weighted by atomic mass is 10.3. The Hall–Kier alpha value is -1.05. The van der Waals surface area contributed by atoms with Crippen molar-refractivity contribution in [1.29, 1.82) is 0 Å². The first-order valence-electron chi connectivity index (χ1n) is 5.83. The summed E-state index contributed by atoms with van der Waals surface area (Å²) in [6.45, 7) is 10.9. The number of amides is 1. The van der Waals surface area contributed by atoms with Crippen molar-refractivity contribution in [2.45, 2.75) is 6.92 Å². The molecule has 0 aromatic rings. The van der Waals surface area contributed by atoms with Gasteiger partial charge in [0.15, 0.2) is 5.96 Å². The van der Waals surface area contributed by atoms with Gasteiger partial charge in [-0.2, -0.15) is 0 Å². The topological polar surface area (TPSA) is 47.9 Å². The van der Waals surface area contributed by atoms with Crippen LogP contribution in [0.25, 0.3) is 0 Å². The summed E-state index contributed by atoms with van der Waals surface area (Å²) in [6, 6.07) is 0. The first kappa shape index (κ1) is 20.3. The van der Waals surface area contributed by atoms with Crippen LogP contribution in [0.5, 0.6) is 0 Å². The third-order valence-electron chi connectivity index (χ3n) is 2.14. The van der Waals surface area contributed by atoms with Gasteiger partial charge in [-0.3, -0.25) is 4.79 Å². The zero-order valence-corrected chi connectivity index (χ0v) is 14.6. The summed E-state index contributed by atoms with van der Waals surface area (Å²) in [7, 11) is 5.34. The highest BCUT2D eigenvalue weighted by molar-refractivity contribution is 14.0. The predicted molar refractivity (Wildman–Crippen MR) is 92.1 cm³/mol. The van der Waals surface area contributed by atoms with Gasteiger partial charge in [-0.15, -0.1) is 30.6 Å². The van der Waals surface area contributed by atoms with E-state index in [-0.39, 0.29) is 36.4 Å². The highest BCUT2D eigenvalue weighted by Crippen LogP contribution is 1.94. The van der Waals surface area contributed by atoms with Crippen LogP contribution in [0.4, 0.5) is 0 Å². The molecule has 110 valence electrons. The summed E-state index contributed by atoms with van der Waals surface area (Å²) >= 11 is 0. The van der Waals surface area contributed by atoms with Gasteiger partial charge in [-0.05, 0) is 6.92 Å². The molecule has 0 aliphatic rings. The van der Waals surface area contributed by atoms with Crippen molar-refractivity contribution in [2.75, 3.05) is 40.8 Å². The van der Waals surface area contributed by atoms with Crippen molar-refractivity contribution >= 4 is 35.8 Å². The van der Waals surface area contributed by atoms with Crippen molar-refractivity contribution in [3.8, 4) is 0 Å². The maximum atomic E-state index is 11.5. The van der Waals surface area contributed by atoms with Gasteiger partial charge >= 0.3 is 0 Å². The minimum Gasteiger partial charge on any atom is -0.353 e. The van der Waals surface area contributed by atoms with E-state index in [9.17, 15) is 4.79 Å². The molecule has 0 aliphatic heterocycles. The molecule has 0 spiro atoms. The first-order chi connectivity index (χ1) is 8.38. The molecular weight excluding hydrogens is 355 g/mol. The second-order valence-corrected chi connectivity index (χ2v) is 4.41. The van der Waals surface area contributed by atoms with Crippen molar-refractivity contribution in [1.82, 2.24) is 15.1 Å². The molecule has 1 amide bonds. The molecule has 0 unspecified atom stereocenters. The maximum absolute atomic E-state index is 11.5. The van der Waals surface area contributed by atoms with Gasteiger partial charge in [0.2, 0.25) is 5.91 Å². The number of nitrogens with one attached hydrogen (secondary N) is 1. The maximum Gasteiger partial charge on any atom is 0.243 e. The summed E-state index contributed by atoms with van der Waals surface area (Å²) in [4.78, 5) is 19.2. The molecule has 0 saturated heterocycles. The van der Waals surface area contributed by atoms with Crippen LogP contribution in [0.3, 0.4) is 0 Å². The molecule has 6 heteroatoms. The number of carbonyl (C=O) groups is 1. The van der Waals surface area contributed by atoms with E-state index >= 15 is 0 Å². The largest absolute Gasteiger partial charge is 0.353 e. The van der Waals surface area contributed by atoms with Crippen LogP contribution in [-0.4, -0.2) is 62.4 Å². The SMILES string of the molecule is C=CCNC(=NCC(=O)N(C)C)N(C)CC(=C)C.I. The van der Waals surface area contributed by atoms with Gasteiger partial charge in [0, 0.05) is 34.2 Å². The molecule has 1 N–H and O–H groups in total. The molecule has 5 nitrogen and oxygen atoms in total. The average Bonchev–Trinajstić information content (AvgIpc) is 2.27.